The first-order chi connectivity index (χ1) is 12.8. The SMILES string of the molecule is C.C[Si](C)(C=Cc1ccc2c(c1)CC2)O[Si](C)(C)C=Cc1ccc2c(c1)CC2. The van der Waals surface area contributed by atoms with Crippen molar-refractivity contribution in [2.24, 2.45) is 0 Å². The van der Waals surface area contributed by atoms with Crippen molar-refractivity contribution in [2.45, 2.75) is 59.3 Å². The lowest BCUT2D eigenvalue weighted by molar-refractivity contribution is 0.571. The van der Waals surface area contributed by atoms with E-state index >= 15 is 0 Å². The minimum absolute atomic E-state index is 0. The Morgan fingerprint density at radius 1 is 0.643 bits per heavy atom. The molecule has 0 heterocycles. The summed E-state index contributed by atoms with van der Waals surface area (Å²) in [5.41, 5.74) is 13.4. The maximum absolute atomic E-state index is 6.71. The lowest BCUT2D eigenvalue weighted by Crippen LogP contribution is -2.42. The van der Waals surface area contributed by atoms with Gasteiger partial charge < -0.3 is 4.12 Å². The van der Waals surface area contributed by atoms with Crippen LogP contribution in [0.2, 0.25) is 26.2 Å². The van der Waals surface area contributed by atoms with E-state index in [4.69, 9.17) is 4.12 Å². The molecule has 0 atom stereocenters. The van der Waals surface area contributed by atoms with Crippen molar-refractivity contribution < 1.29 is 4.12 Å². The van der Waals surface area contributed by atoms with Crippen LogP contribution in [0.15, 0.2) is 47.8 Å². The third-order valence-electron chi connectivity index (χ3n) is 5.67. The number of benzene rings is 2. The van der Waals surface area contributed by atoms with Crippen LogP contribution in [-0.4, -0.2) is 16.6 Å². The van der Waals surface area contributed by atoms with Crippen molar-refractivity contribution in [3.8, 4) is 0 Å². The van der Waals surface area contributed by atoms with Crippen LogP contribution in [0.25, 0.3) is 12.2 Å². The Balaban J connectivity index is 0.00000225. The molecule has 0 saturated carbocycles. The fourth-order valence-electron chi connectivity index (χ4n) is 3.98. The number of rotatable bonds is 6. The van der Waals surface area contributed by atoms with Crippen molar-refractivity contribution in [1.82, 2.24) is 0 Å². The van der Waals surface area contributed by atoms with Crippen LogP contribution >= 0.6 is 0 Å². The molecule has 0 unspecified atom stereocenters. The van der Waals surface area contributed by atoms with Crippen LogP contribution in [0.1, 0.15) is 40.8 Å². The van der Waals surface area contributed by atoms with Gasteiger partial charge in [0, 0.05) is 0 Å². The molecule has 0 spiro atoms. The molecule has 2 aliphatic rings. The number of fused-ring (bicyclic) bond motifs is 2. The summed E-state index contributed by atoms with van der Waals surface area (Å²) in [4.78, 5) is 0. The van der Waals surface area contributed by atoms with Crippen LogP contribution in [0, 0.1) is 0 Å². The third-order valence-corrected chi connectivity index (χ3v) is 11.8. The average molecular weight is 407 g/mol. The summed E-state index contributed by atoms with van der Waals surface area (Å²) < 4.78 is 6.71. The van der Waals surface area contributed by atoms with Gasteiger partial charge in [0.2, 0.25) is 0 Å². The van der Waals surface area contributed by atoms with E-state index in [1.165, 1.54) is 59.1 Å². The highest BCUT2D eigenvalue weighted by Gasteiger charge is 2.29. The van der Waals surface area contributed by atoms with Crippen LogP contribution in [0.5, 0.6) is 0 Å². The molecule has 4 rings (SSSR count). The second-order valence-electron chi connectivity index (χ2n) is 9.03. The molecule has 2 aromatic carbocycles. The van der Waals surface area contributed by atoms with Gasteiger partial charge in [0.15, 0.2) is 16.6 Å². The number of hydrogen-bond donors (Lipinski definition) is 0. The van der Waals surface area contributed by atoms with Gasteiger partial charge in [-0.05, 0) is 85.3 Å². The molecule has 0 aromatic heterocycles. The van der Waals surface area contributed by atoms with Gasteiger partial charge in [0.1, 0.15) is 0 Å². The third kappa shape index (κ3) is 4.83. The Hall–Kier alpha value is -1.69. The van der Waals surface area contributed by atoms with Crippen molar-refractivity contribution in [3.63, 3.8) is 0 Å². The summed E-state index contributed by atoms with van der Waals surface area (Å²) in [6.45, 7) is 9.22. The molecule has 0 fully saturated rings. The van der Waals surface area contributed by atoms with Crippen LogP contribution in [0.3, 0.4) is 0 Å². The van der Waals surface area contributed by atoms with E-state index in [1.54, 1.807) is 0 Å². The molecule has 3 heteroatoms. The minimum atomic E-state index is -1.85. The molecule has 0 saturated heterocycles. The van der Waals surface area contributed by atoms with Crippen molar-refractivity contribution in [3.05, 3.63) is 81.2 Å². The topological polar surface area (TPSA) is 9.23 Å². The smallest absolute Gasteiger partial charge is 0.198 e. The van der Waals surface area contributed by atoms with Gasteiger partial charge in [-0.3, -0.25) is 0 Å². The largest absolute Gasteiger partial charge is 0.449 e. The Morgan fingerprint density at radius 2 is 1.04 bits per heavy atom. The van der Waals surface area contributed by atoms with E-state index in [-0.39, 0.29) is 7.43 Å². The molecule has 0 N–H and O–H groups in total. The van der Waals surface area contributed by atoms with Crippen molar-refractivity contribution in [2.75, 3.05) is 0 Å². The van der Waals surface area contributed by atoms with Gasteiger partial charge in [-0.25, -0.2) is 0 Å². The summed E-state index contributed by atoms with van der Waals surface area (Å²) in [5.74, 6) is 0. The molecular formula is C25H34OSi2. The molecule has 1 nitrogen and oxygen atoms in total. The molecular weight excluding hydrogens is 372 g/mol. The normalized spacial score (nSPS) is 15.6. The first kappa shape index (κ1) is 21.0. The molecule has 0 aliphatic heterocycles. The predicted octanol–water partition coefficient (Wildman–Crippen LogP) is 6.75. The summed E-state index contributed by atoms with van der Waals surface area (Å²) in [6.07, 6.45) is 9.52. The minimum Gasteiger partial charge on any atom is -0.449 e. The van der Waals surface area contributed by atoms with E-state index in [9.17, 15) is 0 Å². The van der Waals surface area contributed by atoms with Crippen LogP contribution < -0.4 is 0 Å². The monoisotopic (exact) mass is 406 g/mol. The highest BCUT2D eigenvalue weighted by molar-refractivity contribution is 6.90. The van der Waals surface area contributed by atoms with E-state index in [0.29, 0.717) is 0 Å². The van der Waals surface area contributed by atoms with Crippen LogP contribution in [0.4, 0.5) is 0 Å². The highest BCUT2D eigenvalue weighted by atomic mass is 28.4. The summed E-state index contributed by atoms with van der Waals surface area (Å²) in [6, 6.07) is 13.7. The lowest BCUT2D eigenvalue weighted by atomic mass is 9.87. The van der Waals surface area contributed by atoms with Gasteiger partial charge in [-0.15, -0.1) is 0 Å². The zero-order valence-electron chi connectivity index (χ0n) is 17.0. The molecule has 0 radical (unpaired) electrons. The molecule has 2 aromatic rings. The number of hydrogen-bond acceptors (Lipinski definition) is 1. The van der Waals surface area contributed by atoms with E-state index < -0.39 is 16.6 Å². The maximum Gasteiger partial charge on any atom is 0.198 e. The van der Waals surface area contributed by atoms with Gasteiger partial charge in [0.25, 0.3) is 0 Å². The zero-order valence-corrected chi connectivity index (χ0v) is 19.0. The quantitative estimate of drug-likeness (QED) is 0.482. The first-order valence-electron chi connectivity index (χ1n) is 10.1. The van der Waals surface area contributed by atoms with Gasteiger partial charge in [-0.2, -0.15) is 0 Å². The Labute approximate surface area is 173 Å². The second-order valence-corrected chi connectivity index (χ2v) is 16.9. The molecule has 0 bridgehead atoms. The highest BCUT2D eigenvalue weighted by Crippen LogP contribution is 2.26. The molecule has 0 amide bonds. The Bertz CT molecular complexity index is 847. The fraction of sp³-hybridized carbons (Fsp3) is 0.360. The Kier molecular flexibility index (Phi) is 5.99. The summed E-state index contributed by atoms with van der Waals surface area (Å²) >= 11 is 0. The van der Waals surface area contributed by atoms with Crippen molar-refractivity contribution in [1.29, 1.82) is 0 Å². The predicted molar refractivity (Wildman–Crippen MR) is 129 cm³/mol. The van der Waals surface area contributed by atoms with E-state index in [0.717, 1.165) is 0 Å². The molecule has 28 heavy (non-hydrogen) atoms. The zero-order chi connectivity index (χ0) is 19.1. The summed E-state index contributed by atoms with van der Waals surface area (Å²) in [7, 11) is -3.70. The Morgan fingerprint density at radius 3 is 1.36 bits per heavy atom. The standard InChI is InChI=1S/C24H30OSi2.CH4/c1-26(2,15-13-19-5-7-21-9-11-23(21)17-19)25-27(3,4)16-14-20-6-8-22-10-12-24(22)18-20;/h5-8,13-18H,9-12H2,1-4H3;1H4. The van der Waals surface area contributed by atoms with Crippen LogP contribution in [-0.2, 0) is 29.8 Å². The van der Waals surface area contributed by atoms with Gasteiger partial charge in [-0.1, -0.05) is 67.4 Å². The molecule has 148 valence electrons. The van der Waals surface area contributed by atoms with Gasteiger partial charge in [0.05, 0.1) is 0 Å². The summed E-state index contributed by atoms with van der Waals surface area (Å²) in [5, 5.41) is 0. The second kappa shape index (κ2) is 7.98. The number of aryl methyl sites for hydroxylation is 4. The van der Waals surface area contributed by atoms with Gasteiger partial charge >= 0.3 is 0 Å². The first-order valence-corrected chi connectivity index (χ1v) is 16.1. The van der Waals surface area contributed by atoms with E-state index in [1.807, 2.05) is 0 Å². The van der Waals surface area contributed by atoms with Crippen molar-refractivity contribution >= 4 is 28.8 Å². The van der Waals surface area contributed by atoms with E-state index in [2.05, 4.69) is 86.1 Å². The fourth-order valence-corrected chi connectivity index (χ4v) is 11.1. The molecule has 2 aliphatic carbocycles. The maximum atomic E-state index is 6.71. The lowest BCUT2D eigenvalue weighted by Gasteiger charge is -2.30. The average Bonchev–Trinajstić information content (AvgIpc) is 2.54.